The van der Waals surface area contributed by atoms with Gasteiger partial charge in [-0.2, -0.15) is 8.42 Å². The van der Waals surface area contributed by atoms with Crippen molar-refractivity contribution in [3.63, 3.8) is 0 Å². The Morgan fingerprint density at radius 2 is 1.54 bits per heavy atom. The molecule has 134 valence electrons. The highest BCUT2D eigenvalue weighted by atomic mass is 32.2. The van der Waals surface area contributed by atoms with Crippen molar-refractivity contribution < 1.29 is 44.0 Å². The molecule has 0 aliphatic carbocycles. The topological polar surface area (TPSA) is 195 Å². The predicted octanol–water partition coefficient (Wildman–Crippen LogP) is -0.596. The third-order valence-corrected chi connectivity index (χ3v) is 3.76. The first-order valence-electron chi connectivity index (χ1n) is 5.83. The zero-order valence-electron chi connectivity index (χ0n) is 12.5. The molecule has 8 N–H and O–H groups in total. The number of rotatable bonds is 4. The van der Waals surface area contributed by atoms with E-state index in [2.05, 4.69) is 0 Å². The van der Waals surface area contributed by atoms with Gasteiger partial charge < -0.3 is 26.3 Å². The Morgan fingerprint density at radius 3 is 2.00 bits per heavy atom. The highest BCUT2D eigenvalue weighted by Crippen LogP contribution is 2.36. The molecule has 0 atom stereocenters. The number of hydrogen-bond acceptors (Lipinski definition) is 5. The Bertz CT molecular complexity index is 785. The summed E-state index contributed by atoms with van der Waals surface area (Å²) >= 11 is 0. The second-order valence-electron chi connectivity index (χ2n) is 4.16. The summed E-state index contributed by atoms with van der Waals surface area (Å²) in [5.74, 6) is -1.66. The molecule has 2 rings (SSSR count). The van der Waals surface area contributed by atoms with Crippen LogP contribution in [0.4, 0.5) is 0 Å². The van der Waals surface area contributed by atoms with Gasteiger partial charge >= 0.3 is 10.1 Å². The minimum Gasteiger partial charge on any atom is -0.506 e. The molecule has 0 aliphatic heterocycles. The Hall–Kier alpha value is -2.50. The van der Waals surface area contributed by atoms with Crippen molar-refractivity contribution in [3.8, 4) is 11.5 Å². The SMILES string of the molecule is COc1ccc(C(=O)c2ccccc2)c(O)c1S(=O)(=O)O.O.O.O. The van der Waals surface area contributed by atoms with Gasteiger partial charge in [-0.3, -0.25) is 9.35 Å². The lowest BCUT2D eigenvalue weighted by molar-refractivity contribution is 0.103. The molecule has 0 saturated carbocycles. The van der Waals surface area contributed by atoms with Gasteiger partial charge in [-0.1, -0.05) is 30.3 Å². The number of aromatic hydroxyl groups is 1. The summed E-state index contributed by atoms with van der Waals surface area (Å²) in [4.78, 5) is 11.4. The zero-order valence-corrected chi connectivity index (χ0v) is 13.3. The zero-order chi connectivity index (χ0) is 15.6. The van der Waals surface area contributed by atoms with Gasteiger partial charge in [-0.25, -0.2) is 0 Å². The van der Waals surface area contributed by atoms with E-state index in [0.29, 0.717) is 0 Å². The molecule has 0 heterocycles. The molecule has 0 spiro atoms. The van der Waals surface area contributed by atoms with Crippen LogP contribution in [0.2, 0.25) is 0 Å². The fourth-order valence-corrected chi connectivity index (χ4v) is 2.65. The fraction of sp³-hybridized carbons (Fsp3) is 0.0714. The number of hydrogen-bond donors (Lipinski definition) is 2. The smallest absolute Gasteiger partial charge is 0.301 e. The molecule has 2 aromatic rings. The van der Waals surface area contributed by atoms with Crippen molar-refractivity contribution in [2.45, 2.75) is 4.90 Å². The number of ether oxygens (including phenoxy) is 1. The number of carbonyl (C=O) groups excluding carboxylic acids is 1. The van der Waals surface area contributed by atoms with Crippen LogP contribution in [0.15, 0.2) is 47.4 Å². The second-order valence-corrected chi connectivity index (χ2v) is 5.52. The minimum atomic E-state index is -4.74. The third-order valence-electron chi connectivity index (χ3n) is 2.85. The number of phenolic OH excluding ortho intramolecular Hbond substituents is 1. The van der Waals surface area contributed by atoms with Crippen LogP contribution in [0, 0.1) is 0 Å². The monoisotopic (exact) mass is 362 g/mol. The first-order valence-corrected chi connectivity index (χ1v) is 7.27. The summed E-state index contributed by atoms with van der Waals surface area (Å²) in [6.45, 7) is 0. The van der Waals surface area contributed by atoms with E-state index < -0.39 is 26.5 Å². The van der Waals surface area contributed by atoms with E-state index in [9.17, 15) is 22.9 Å². The predicted molar refractivity (Wildman–Crippen MR) is 85.2 cm³/mol. The standard InChI is InChI=1S/C14H12O6S.3H2O/c1-20-11-8-7-10(13(16)14(11)21(17,18)19)12(15)9-5-3-2-4-6-9;;;/h2-8,16H,1H3,(H,17,18,19);3*1H2. The van der Waals surface area contributed by atoms with E-state index in [1.54, 1.807) is 18.2 Å². The molecule has 0 saturated heterocycles. The number of carbonyl (C=O) groups is 1. The Labute approximate surface area is 137 Å². The Morgan fingerprint density at radius 1 is 1.00 bits per heavy atom. The number of phenols is 1. The van der Waals surface area contributed by atoms with Crippen LogP contribution >= 0.6 is 0 Å². The summed E-state index contributed by atoms with van der Waals surface area (Å²) in [6.07, 6.45) is 0. The molecule has 0 radical (unpaired) electrons. The molecule has 0 amide bonds. The van der Waals surface area contributed by atoms with Crippen LogP contribution in [-0.2, 0) is 10.1 Å². The van der Waals surface area contributed by atoms with Crippen LogP contribution in [0.25, 0.3) is 0 Å². The van der Waals surface area contributed by atoms with Crippen LogP contribution < -0.4 is 4.74 Å². The average molecular weight is 362 g/mol. The number of ketones is 1. The van der Waals surface area contributed by atoms with Crippen molar-refractivity contribution in [2.75, 3.05) is 7.11 Å². The molecule has 0 unspecified atom stereocenters. The van der Waals surface area contributed by atoms with Crippen molar-refractivity contribution in [3.05, 3.63) is 53.6 Å². The quantitative estimate of drug-likeness (QED) is 0.538. The average Bonchev–Trinajstić information content (AvgIpc) is 2.45. The van der Waals surface area contributed by atoms with Gasteiger partial charge in [-0.05, 0) is 12.1 Å². The second kappa shape index (κ2) is 8.96. The normalized spacial score (nSPS) is 9.75. The van der Waals surface area contributed by atoms with Gasteiger partial charge in [0.25, 0.3) is 0 Å². The Kier molecular flexibility index (Phi) is 8.87. The molecule has 10 heteroatoms. The number of benzene rings is 2. The van der Waals surface area contributed by atoms with Gasteiger partial charge in [0, 0.05) is 5.56 Å². The summed E-state index contributed by atoms with van der Waals surface area (Å²) in [6, 6.07) is 10.5. The largest absolute Gasteiger partial charge is 0.506 e. The fourth-order valence-electron chi connectivity index (χ4n) is 1.89. The molecule has 9 nitrogen and oxygen atoms in total. The first kappa shape index (κ1) is 23.8. The van der Waals surface area contributed by atoms with Gasteiger partial charge in [0.2, 0.25) is 0 Å². The van der Waals surface area contributed by atoms with Crippen LogP contribution in [0.1, 0.15) is 15.9 Å². The maximum atomic E-state index is 12.3. The lowest BCUT2D eigenvalue weighted by atomic mass is 10.0. The summed E-state index contributed by atoms with van der Waals surface area (Å²) in [5.41, 5.74) is 0.0360. The van der Waals surface area contributed by atoms with E-state index >= 15 is 0 Å². The summed E-state index contributed by atoms with van der Waals surface area (Å²) < 4.78 is 36.7. The van der Waals surface area contributed by atoms with Crippen molar-refractivity contribution >= 4 is 15.9 Å². The van der Waals surface area contributed by atoms with Crippen LogP contribution in [0.5, 0.6) is 11.5 Å². The van der Waals surface area contributed by atoms with Crippen molar-refractivity contribution in [2.24, 2.45) is 0 Å². The highest BCUT2D eigenvalue weighted by molar-refractivity contribution is 7.86. The summed E-state index contributed by atoms with van der Waals surface area (Å²) in [7, 11) is -3.56. The van der Waals surface area contributed by atoms with E-state index in [4.69, 9.17) is 4.74 Å². The minimum absolute atomic E-state index is 0. The van der Waals surface area contributed by atoms with Crippen molar-refractivity contribution in [1.29, 1.82) is 0 Å². The Balaban J connectivity index is 0. The van der Waals surface area contributed by atoms with E-state index in [1.807, 2.05) is 0 Å². The van der Waals surface area contributed by atoms with Crippen LogP contribution in [0.3, 0.4) is 0 Å². The first-order chi connectivity index (χ1) is 9.86. The molecular formula is C14H18O9S. The number of methoxy groups -OCH3 is 1. The molecule has 0 fully saturated rings. The van der Waals surface area contributed by atoms with Gasteiger partial charge in [-0.15, -0.1) is 0 Å². The molecule has 0 aromatic heterocycles. The lowest BCUT2D eigenvalue weighted by Crippen LogP contribution is -2.07. The third kappa shape index (κ3) is 4.50. The van der Waals surface area contributed by atoms with E-state index in [-0.39, 0.29) is 33.3 Å². The lowest BCUT2D eigenvalue weighted by Gasteiger charge is -2.11. The van der Waals surface area contributed by atoms with Crippen molar-refractivity contribution in [1.82, 2.24) is 0 Å². The highest BCUT2D eigenvalue weighted by Gasteiger charge is 2.27. The van der Waals surface area contributed by atoms with E-state index in [1.165, 1.54) is 31.4 Å². The maximum Gasteiger partial charge on any atom is 0.301 e. The molecule has 24 heavy (non-hydrogen) atoms. The molecule has 2 aromatic carbocycles. The van der Waals surface area contributed by atoms with Gasteiger partial charge in [0.15, 0.2) is 16.4 Å². The molecular weight excluding hydrogens is 344 g/mol. The van der Waals surface area contributed by atoms with Gasteiger partial charge in [0.05, 0.1) is 12.7 Å². The van der Waals surface area contributed by atoms with Gasteiger partial charge in [0.1, 0.15) is 5.75 Å². The maximum absolute atomic E-state index is 12.3. The summed E-state index contributed by atoms with van der Waals surface area (Å²) in [5, 5.41) is 10.0. The van der Waals surface area contributed by atoms with E-state index in [0.717, 1.165) is 0 Å². The molecule has 0 aliphatic rings. The van der Waals surface area contributed by atoms with Crippen LogP contribution in [-0.4, -0.2) is 47.4 Å². The molecule has 0 bridgehead atoms.